The van der Waals surface area contributed by atoms with Gasteiger partial charge in [-0.3, -0.25) is 4.79 Å². The first-order valence-electron chi connectivity index (χ1n) is 1.95. The van der Waals surface area contributed by atoms with Crippen molar-refractivity contribution in [2.75, 3.05) is 0 Å². The highest BCUT2D eigenvalue weighted by molar-refractivity contribution is 5.91. The van der Waals surface area contributed by atoms with Crippen LogP contribution in [0.4, 0.5) is 0 Å². The molecular formula is C4H5NO. The molecule has 0 fully saturated rings. The molecule has 0 bridgehead atoms. The van der Waals surface area contributed by atoms with Crippen molar-refractivity contribution in [2.45, 2.75) is 6.92 Å². The second-order valence-corrected chi connectivity index (χ2v) is 0.704. The Morgan fingerprint density at radius 2 is 2.83 bits per heavy atom. The van der Waals surface area contributed by atoms with Gasteiger partial charge in [-0.2, -0.15) is 0 Å². The Morgan fingerprint density at radius 3 is 3.00 bits per heavy atom. The summed E-state index contributed by atoms with van der Waals surface area (Å²) in [5.74, 6) is 3.88. The predicted molar refractivity (Wildman–Crippen MR) is 22.6 cm³/mol. The van der Waals surface area contributed by atoms with Gasteiger partial charge in [-0.1, -0.05) is 5.92 Å². The van der Waals surface area contributed by atoms with Crippen molar-refractivity contribution < 1.29 is 6.21 Å². The number of hydrogen-bond acceptors (Lipinski definition) is 1. The zero-order valence-corrected chi connectivity index (χ0v) is 3.41. The average molecular weight is 84.1 g/mol. The molecule has 0 aliphatic rings. The monoisotopic (exact) mass is 84.0 g/mol. The Bertz CT molecular complexity index is 121. The summed E-state index contributed by atoms with van der Waals surface area (Å²) < 4.78 is 6.21. The lowest BCUT2D eigenvalue weighted by atomic mass is 10.6. The van der Waals surface area contributed by atoms with E-state index in [0.29, 0.717) is 0 Å². The maximum absolute atomic E-state index is 9.94. The molecule has 0 radical (unpaired) electrons. The molecule has 2 heteroatoms. The lowest BCUT2D eigenvalue weighted by Gasteiger charge is -1.64. The lowest BCUT2D eigenvalue weighted by molar-refractivity contribution is -0.112. The van der Waals surface area contributed by atoms with Crippen molar-refractivity contribution >= 4 is 5.91 Å². The molecular weight excluding hydrogens is 78.0 g/mol. The SMILES string of the molecule is [2H]NC(=O)C#CC. The Labute approximate surface area is 37.8 Å². The molecule has 0 saturated heterocycles. The molecule has 0 aliphatic heterocycles. The van der Waals surface area contributed by atoms with Crippen LogP contribution in [0, 0.1) is 11.8 Å². The van der Waals surface area contributed by atoms with Crippen molar-refractivity contribution in [1.82, 2.24) is 0 Å². The molecule has 6 heavy (non-hydrogen) atoms. The number of carbonyl (C=O) groups is 1. The van der Waals surface area contributed by atoms with Crippen LogP contribution in [0.5, 0.6) is 0 Å². The molecule has 0 aliphatic carbocycles. The molecule has 0 aromatic carbocycles. The first-order chi connectivity index (χ1) is 3.31. The third-order valence-electron chi connectivity index (χ3n) is 0.239. The van der Waals surface area contributed by atoms with E-state index in [9.17, 15) is 4.79 Å². The molecule has 0 saturated carbocycles. The van der Waals surface area contributed by atoms with E-state index in [0.717, 1.165) is 0 Å². The van der Waals surface area contributed by atoms with Gasteiger partial charge < -0.3 is 5.73 Å². The van der Waals surface area contributed by atoms with Crippen LogP contribution in [0.1, 0.15) is 6.92 Å². The van der Waals surface area contributed by atoms with Crippen LogP contribution in [0.15, 0.2) is 0 Å². The van der Waals surface area contributed by atoms with Gasteiger partial charge in [-0.05, 0) is 12.8 Å². The highest BCUT2D eigenvalue weighted by Gasteiger charge is 1.72. The topological polar surface area (TPSA) is 43.1 Å². The number of nitrogens with two attached hydrogens (primary N) is 1. The summed E-state index contributed by atoms with van der Waals surface area (Å²) in [6.07, 6.45) is 0. The van der Waals surface area contributed by atoms with Crippen molar-refractivity contribution in [3.05, 3.63) is 0 Å². The molecule has 2 nitrogen and oxygen atoms in total. The van der Waals surface area contributed by atoms with E-state index in [-0.39, 0.29) is 0 Å². The van der Waals surface area contributed by atoms with Gasteiger partial charge in [0.25, 0.3) is 5.91 Å². The minimum atomic E-state index is -0.567. The first-order valence-corrected chi connectivity index (χ1v) is 1.45. The molecule has 32 valence electrons. The van der Waals surface area contributed by atoms with Gasteiger partial charge >= 0.3 is 0 Å². The molecule has 2 N–H and O–H groups in total. The Hall–Kier alpha value is -0.970. The van der Waals surface area contributed by atoms with E-state index in [4.69, 9.17) is 1.41 Å². The number of carbonyl (C=O) groups excluding carboxylic acids is 1. The third kappa shape index (κ3) is 3.03. The van der Waals surface area contributed by atoms with Gasteiger partial charge in [0.15, 0.2) is 1.41 Å². The van der Waals surface area contributed by atoms with E-state index in [1.165, 1.54) is 6.92 Å². The zero-order valence-electron chi connectivity index (χ0n) is 4.41. The maximum Gasteiger partial charge on any atom is 0.293 e. The summed E-state index contributed by atoms with van der Waals surface area (Å²) in [5, 5.41) is 0. The fraction of sp³-hybridized carbons (Fsp3) is 0.250. The second-order valence-electron chi connectivity index (χ2n) is 0.704. The van der Waals surface area contributed by atoms with E-state index in [1.54, 1.807) is 5.73 Å². The molecule has 0 atom stereocenters. The fourth-order valence-corrected chi connectivity index (χ4v) is 0.114. The Balaban J connectivity index is 3.52. The normalized spacial score (nSPS) is 7.17. The number of rotatable bonds is 0. The quantitative estimate of drug-likeness (QED) is 0.395. The van der Waals surface area contributed by atoms with E-state index >= 15 is 0 Å². The molecule has 0 aromatic rings. The van der Waals surface area contributed by atoms with Gasteiger partial charge in [0, 0.05) is 0 Å². The van der Waals surface area contributed by atoms with Crippen LogP contribution in [0.25, 0.3) is 0 Å². The highest BCUT2D eigenvalue weighted by atomic mass is 16.1. The zero-order chi connectivity index (χ0) is 5.70. The van der Waals surface area contributed by atoms with E-state index in [1.807, 2.05) is 0 Å². The van der Waals surface area contributed by atoms with Crippen molar-refractivity contribution in [2.24, 2.45) is 5.73 Å². The fourth-order valence-electron chi connectivity index (χ4n) is 0.114. The lowest BCUT2D eigenvalue weighted by Crippen LogP contribution is -2.05. The van der Waals surface area contributed by atoms with Gasteiger partial charge in [0.2, 0.25) is 0 Å². The Morgan fingerprint density at radius 1 is 2.17 bits per heavy atom. The summed E-state index contributed by atoms with van der Waals surface area (Å²) in [7, 11) is 0. The number of amides is 1. The minimum Gasteiger partial charge on any atom is -0.359 e. The van der Waals surface area contributed by atoms with Crippen LogP contribution in [0.3, 0.4) is 0 Å². The number of primary amides is 1. The first kappa shape index (κ1) is 3.23. The van der Waals surface area contributed by atoms with Crippen LogP contribution < -0.4 is 5.73 Å². The summed E-state index contributed by atoms with van der Waals surface area (Å²) in [5.41, 5.74) is 1.60. The predicted octanol–water partition coefficient (Wildman–Crippen LogP) is -0.505. The standard InChI is InChI=1S/C4H5NO/c1-2-3-4(5)6/h1H3,(H2,5,6)/i/hD. The molecule has 0 heterocycles. The van der Waals surface area contributed by atoms with Crippen molar-refractivity contribution in [3.63, 3.8) is 0 Å². The van der Waals surface area contributed by atoms with Gasteiger partial charge in [0.05, 0.1) is 0 Å². The number of hydrogen-bond donors (Lipinski definition) is 1. The average Bonchev–Trinajstić information content (AvgIpc) is 1.68. The van der Waals surface area contributed by atoms with Crippen LogP contribution in [-0.4, -0.2) is 5.91 Å². The van der Waals surface area contributed by atoms with Gasteiger partial charge in [0.1, 0.15) is 0 Å². The minimum absolute atomic E-state index is 0.567. The summed E-state index contributed by atoms with van der Waals surface area (Å²) in [6, 6.07) is 0. The smallest absolute Gasteiger partial charge is 0.293 e. The summed E-state index contributed by atoms with van der Waals surface area (Å²) in [6.45, 7) is 1.54. The molecule has 0 unspecified atom stereocenters. The Kier molecular flexibility index (Phi) is 1.23. The van der Waals surface area contributed by atoms with E-state index in [2.05, 4.69) is 11.8 Å². The van der Waals surface area contributed by atoms with Crippen LogP contribution >= 0.6 is 0 Å². The molecule has 0 rings (SSSR count). The summed E-state index contributed by atoms with van der Waals surface area (Å²) >= 11 is 0. The van der Waals surface area contributed by atoms with Crippen LogP contribution in [-0.2, 0) is 4.79 Å². The van der Waals surface area contributed by atoms with Crippen molar-refractivity contribution in [3.8, 4) is 11.8 Å². The van der Waals surface area contributed by atoms with Crippen LogP contribution in [0.2, 0.25) is 1.41 Å². The van der Waals surface area contributed by atoms with Crippen molar-refractivity contribution in [1.29, 1.82) is 0 Å². The second kappa shape index (κ2) is 2.28. The highest BCUT2D eigenvalue weighted by Crippen LogP contribution is 1.46. The summed E-state index contributed by atoms with van der Waals surface area (Å²) in [4.78, 5) is 9.94. The van der Waals surface area contributed by atoms with Gasteiger partial charge in [-0.15, -0.1) is 0 Å². The van der Waals surface area contributed by atoms with E-state index < -0.39 is 5.91 Å². The molecule has 1 amide bonds. The molecule has 0 spiro atoms. The molecule has 0 aromatic heterocycles. The van der Waals surface area contributed by atoms with Gasteiger partial charge in [-0.25, -0.2) is 0 Å². The third-order valence-corrected chi connectivity index (χ3v) is 0.239. The largest absolute Gasteiger partial charge is 0.359 e. The maximum atomic E-state index is 9.94.